The summed E-state index contributed by atoms with van der Waals surface area (Å²) < 4.78 is 5.10. The molecule has 2 aromatic carbocycles. The Labute approximate surface area is 145 Å². The van der Waals surface area contributed by atoms with Crippen LogP contribution in [0.4, 0.5) is 0 Å². The molecule has 2 amide bonds. The van der Waals surface area contributed by atoms with Crippen molar-refractivity contribution < 1.29 is 14.3 Å². The van der Waals surface area contributed by atoms with E-state index in [1.54, 1.807) is 37.4 Å². The van der Waals surface area contributed by atoms with Crippen molar-refractivity contribution in [3.8, 4) is 5.75 Å². The Hall–Kier alpha value is -3.28. The van der Waals surface area contributed by atoms with Gasteiger partial charge in [-0.1, -0.05) is 24.3 Å². The van der Waals surface area contributed by atoms with Gasteiger partial charge in [-0.3, -0.25) is 9.59 Å². The van der Waals surface area contributed by atoms with Crippen LogP contribution in [-0.4, -0.2) is 37.0 Å². The summed E-state index contributed by atoms with van der Waals surface area (Å²) in [6.07, 6.45) is 0. The fourth-order valence-electron chi connectivity index (χ4n) is 2.51. The number of aromatic nitrogens is 1. The fraction of sp³-hybridized carbons (Fsp3) is 0.158. The number of rotatable bonds is 6. The highest BCUT2D eigenvalue weighted by atomic mass is 16.5. The normalized spacial score (nSPS) is 10.4. The minimum atomic E-state index is -0.209. The highest BCUT2D eigenvalue weighted by Crippen LogP contribution is 2.14. The van der Waals surface area contributed by atoms with Gasteiger partial charge in [-0.15, -0.1) is 0 Å². The molecule has 0 fully saturated rings. The van der Waals surface area contributed by atoms with Crippen molar-refractivity contribution in [2.24, 2.45) is 0 Å². The van der Waals surface area contributed by atoms with E-state index in [1.165, 1.54) is 0 Å². The Morgan fingerprint density at radius 3 is 2.48 bits per heavy atom. The number of amides is 2. The van der Waals surface area contributed by atoms with Crippen LogP contribution in [0.1, 0.15) is 20.8 Å². The molecule has 25 heavy (non-hydrogen) atoms. The van der Waals surface area contributed by atoms with E-state index >= 15 is 0 Å². The summed E-state index contributed by atoms with van der Waals surface area (Å²) in [5.41, 5.74) is 1.93. The van der Waals surface area contributed by atoms with Crippen molar-refractivity contribution in [1.29, 1.82) is 0 Å². The van der Waals surface area contributed by atoms with Crippen molar-refractivity contribution in [2.75, 3.05) is 20.2 Å². The minimum Gasteiger partial charge on any atom is -0.497 e. The second-order valence-electron chi connectivity index (χ2n) is 5.51. The standard InChI is InChI=1S/C19H19N3O3/c1-25-15-7-4-6-14(11-15)18(23)20-9-10-21-19(24)17-12-13-5-2-3-8-16(13)22-17/h2-8,11-12,22H,9-10H2,1H3,(H,20,23)(H,21,24). The maximum absolute atomic E-state index is 12.1. The topological polar surface area (TPSA) is 83.2 Å². The van der Waals surface area contributed by atoms with Gasteiger partial charge in [-0.2, -0.15) is 0 Å². The van der Waals surface area contributed by atoms with Crippen LogP contribution in [0.15, 0.2) is 54.6 Å². The zero-order valence-corrected chi connectivity index (χ0v) is 13.8. The van der Waals surface area contributed by atoms with Gasteiger partial charge in [-0.05, 0) is 30.3 Å². The third kappa shape index (κ3) is 3.98. The van der Waals surface area contributed by atoms with Crippen molar-refractivity contribution >= 4 is 22.7 Å². The lowest BCUT2D eigenvalue weighted by molar-refractivity contribution is 0.0925. The predicted octanol–water partition coefficient (Wildman–Crippen LogP) is 2.34. The number of aromatic amines is 1. The summed E-state index contributed by atoms with van der Waals surface area (Å²) in [5, 5.41) is 6.53. The first-order chi connectivity index (χ1) is 12.2. The number of nitrogens with one attached hydrogen (secondary N) is 3. The third-order valence-electron chi connectivity index (χ3n) is 3.80. The van der Waals surface area contributed by atoms with Crippen molar-refractivity contribution in [1.82, 2.24) is 15.6 Å². The predicted molar refractivity (Wildman–Crippen MR) is 96.0 cm³/mol. The average molecular weight is 337 g/mol. The summed E-state index contributed by atoms with van der Waals surface area (Å²) in [7, 11) is 1.55. The summed E-state index contributed by atoms with van der Waals surface area (Å²) in [6, 6.07) is 16.4. The Kier molecular flexibility index (Phi) is 4.99. The quantitative estimate of drug-likeness (QED) is 0.604. The van der Waals surface area contributed by atoms with Crippen molar-refractivity contribution in [2.45, 2.75) is 0 Å². The second-order valence-corrected chi connectivity index (χ2v) is 5.51. The average Bonchev–Trinajstić information content (AvgIpc) is 3.09. The molecule has 6 nitrogen and oxygen atoms in total. The lowest BCUT2D eigenvalue weighted by Crippen LogP contribution is -2.34. The van der Waals surface area contributed by atoms with Crippen LogP contribution in [-0.2, 0) is 0 Å². The molecular formula is C19H19N3O3. The molecule has 3 N–H and O–H groups in total. The molecule has 3 rings (SSSR count). The first kappa shape index (κ1) is 16.6. The molecule has 1 heterocycles. The van der Waals surface area contributed by atoms with Gasteiger partial charge in [0.05, 0.1) is 7.11 Å². The Balaban J connectivity index is 1.49. The summed E-state index contributed by atoms with van der Waals surface area (Å²) in [4.78, 5) is 27.3. The Morgan fingerprint density at radius 1 is 0.960 bits per heavy atom. The van der Waals surface area contributed by atoms with Gasteiger partial charge < -0.3 is 20.4 Å². The van der Waals surface area contributed by atoms with E-state index in [9.17, 15) is 9.59 Å². The third-order valence-corrected chi connectivity index (χ3v) is 3.80. The first-order valence-electron chi connectivity index (χ1n) is 7.95. The van der Waals surface area contributed by atoms with Gasteiger partial charge in [-0.25, -0.2) is 0 Å². The van der Waals surface area contributed by atoms with E-state index < -0.39 is 0 Å². The van der Waals surface area contributed by atoms with Crippen molar-refractivity contribution in [3.05, 3.63) is 65.9 Å². The van der Waals surface area contributed by atoms with Crippen LogP contribution in [0.3, 0.4) is 0 Å². The maximum atomic E-state index is 12.1. The van der Waals surface area contributed by atoms with Crippen molar-refractivity contribution in [3.63, 3.8) is 0 Å². The van der Waals surface area contributed by atoms with Gasteiger partial charge >= 0.3 is 0 Å². The van der Waals surface area contributed by atoms with Gasteiger partial charge in [0.2, 0.25) is 0 Å². The number of H-pyrrole nitrogens is 1. The molecule has 0 aliphatic rings. The van der Waals surface area contributed by atoms with E-state index in [1.807, 2.05) is 24.3 Å². The van der Waals surface area contributed by atoms with E-state index in [0.717, 1.165) is 10.9 Å². The number of benzene rings is 2. The van der Waals surface area contributed by atoms with Gasteiger partial charge in [0.25, 0.3) is 11.8 Å². The molecule has 0 unspecified atom stereocenters. The van der Waals surface area contributed by atoms with Gasteiger partial charge in [0.15, 0.2) is 0 Å². The van der Waals surface area contributed by atoms with E-state index in [4.69, 9.17) is 4.74 Å². The lowest BCUT2D eigenvalue weighted by Gasteiger charge is -2.07. The zero-order chi connectivity index (χ0) is 17.6. The smallest absolute Gasteiger partial charge is 0.267 e. The monoisotopic (exact) mass is 337 g/mol. The highest BCUT2D eigenvalue weighted by Gasteiger charge is 2.09. The number of methoxy groups -OCH3 is 1. The summed E-state index contributed by atoms with van der Waals surface area (Å²) >= 11 is 0. The van der Waals surface area contributed by atoms with Crippen LogP contribution >= 0.6 is 0 Å². The number of ether oxygens (including phenoxy) is 1. The Bertz CT molecular complexity index is 869. The molecule has 0 bridgehead atoms. The summed E-state index contributed by atoms with van der Waals surface area (Å²) in [5.74, 6) is 0.213. The van der Waals surface area contributed by atoms with E-state index in [2.05, 4.69) is 15.6 Å². The van der Waals surface area contributed by atoms with Gasteiger partial charge in [0, 0.05) is 29.6 Å². The molecular weight excluding hydrogens is 318 g/mol. The van der Waals surface area contributed by atoms with Crippen LogP contribution in [0.25, 0.3) is 10.9 Å². The molecule has 3 aromatic rings. The molecule has 0 spiro atoms. The lowest BCUT2D eigenvalue weighted by atomic mass is 10.2. The molecule has 0 saturated carbocycles. The number of para-hydroxylation sites is 1. The molecule has 0 aliphatic carbocycles. The molecule has 128 valence electrons. The number of hydrogen-bond donors (Lipinski definition) is 3. The van der Waals surface area contributed by atoms with E-state index in [-0.39, 0.29) is 11.8 Å². The molecule has 6 heteroatoms. The zero-order valence-electron chi connectivity index (χ0n) is 13.8. The first-order valence-corrected chi connectivity index (χ1v) is 7.95. The second kappa shape index (κ2) is 7.53. The van der Waals surface area contributed by atoms with E-state index in [0.29, 0.717) is 30.1 Å². The molecule has 0 atom stereocenters. The molecule has 0 radical (unpaired) electrons. The number of carbonyl (C=O) groups excluding carboxylic acids is 2. The molecule has 0 aliphatic heterocycles. The highest BCUT2D eigenvalue weighted by molar-refractivity contribution is 5.98. The van der Waals surface area contributed by atoms with Crippen LogP contribution in [0, 0.1) is 0 Å². The number of carbonyl (C=O) groups is 2. The minimum absolute atomic E-state index is 0.202. The summed E-state index contributed by atoms with van der Waals surface area (Å²) in [6.45, 7) is 0.673. The molecule has 0 saturated heterocycles. The maximum Gasteiger partial charge on any atom is 0.267 e. The number of hydrogen-bond acceptors (Lipinski definition) is 3. The molecule has 1 aromatic heterocycles. The van der Waals surface area contributed by atoms with Gasteiger partial charge in [0.1, 0.15) is 11.4 Å². The van der Waals surface area contributed by atoms with Crippen LogP contribution < -0.4 is 15.4 Å². The van der Waals surface area contributed by atoms with Crippen LogP contribution in [0.2, 0.25) is 0 Å². The fourth-order valence-corrected chi connectivity index (χ4v) is 2.51. The SMILES string of the molecule is COc1cccc(C(=O)NCCNC(=O)c2cc3ccccc3[nH]2)c1. The largest absolute Gasteiger partial charge is 0.497 e. The van der Waals surface area contributed by atoms with Crippen LogP contribution in [0.5, 0.6) is 5.75 Å². The number of fused-ring (bicyclic) bond motifs is 1. The Morgan fingerprint density at radius 2 is 1.72 bits per heavy atom.